The molecule has 0 atom stereocenters. The highest BCUT2D eigenvalue weighted by atomic mass is 19.1. The zero-order chi connectivity index (χ0) is 9.97. The van der Waals surface area contributed by atoms with Crippen molar-refractivity contribution in [2.45, 2.75) is 13.5 Å². The number of aromatic nitrogens is 2. The molecule has 1 aromatic carbocycles. The largest absolute Gasteiger partial charge is 0.268 e. The van der Waals surface area contributed by atoms with Gasteiger partial charge < -0.3 is 0 Å². The zero-order valence-corrected chi connectivity index (χ0v) is 7.87. The molecule has 1 heterocycles. The highest BCUT2D eigenvalue weighted by Gasteiger charge is 2.01. The molecule has 71 valence electrons. The summed E-state index contributed by atoms with van der Waals surface area (Å²) in [4.78, 5) is 0. The number of nitrogens with zero attached hydrogens (tertiary/aromatic N) is 2. The lowest BCUT2D eigenvalue weighted by atomic mass is 10.1. The van der Waals surface area contributed by atoms with E-state index in [1.807, 2.05) is 6.92 Å². The second-order valence-corrected chi connectivity index (χ2v) is 3.21. The molecular formula is C11H10FN2. The van der Waals surface area contributed by atoms with Crippen LogP contribution in [0.15, 0.2) is 30.6 Å². The van der Waals surface area contributed by atoms with E-state index in [1.165, 1.54) is 12.1 Å². The topological polar surface area (TPSA) is 17.8 Å². The fraction of sp³-hybridized carbons (Fsp3) is 0.182. The Kier molecular flexibility index (Phi) is 2.31. The summed E-state index contributed by atoms with van der Waals surface area (Å²) in [7, 11) is 0. The molecular weight excluding hydrogens is 179 g/mol. The maximum absolute atomic E-state index is 12.9. The minimum absolute atomic E-state index is 0.207. The Bertz CT molecular complexity index is 421. The number of halogens is 1. The first-order chi connectivity index (χ1) is 6.75. The lowest BCUT2D eigenvalue weighted by Crippen LogP contribution is -2.02. The summed E-state index contributed by atoms with van der Waals surface area (Å²) in [6.45, 7) is 2.55. The van der Waals surface area contributed by atoms with Gasteiger partial charge in [0.25, 0.3) is 0 Å². The summed E-state index contributed by atoms with van der Waals surface area (Å²) in [5.41, 5.74) is 2.02. The number of aryl methyl sites for hydroxylation is 1. The molecule has 0 amide bonds. The van der Waals surface area contributed by atoms with E-state index >= 15 is 0 Å². The molecule has 1 radical (unpaired) electrons. The molecule has 2 nitrogen and oxygen atoms in total. The van der Waals surface area contributed by atoms with E-state index in [0.29, 0.717) is 6.54 Å². The minimum Gasteiger partial charge on any atom is -0.268 e. The van der Waals surface area contributed by atoms with Gasteiger partial charge in [0.05, 0.1) is 12.7 Å². The molecule has 0 aliphatic heterocycles. The average molecular weight is 189 g/mol. The van der Waals surface area contributed by atoms with Gasteiger partial charge in [0, 0.05) is 12.3 Å². The molecule has 0 saturated carbocycles. The van der Waals surface area contributed by atoms with Crippen LogP contribution in [-0.2, 0) is 6.54 Å². The molecule has 2 aromatic rings. The third-order valence-corrected chi connectivity index (χ3v) is 2.15. The summed E-state index contributed by atoms with van der Waals surface area (Å²) < 4.78 is 14.7. The molecule has 0 fully saturated rings. The monoisotopic (exact) mass is 189 g/mol. The van der Waals surface area contributed by atoms with Gasteiger partial charge in [0.15, 0.2) is 0 Å². The Morgan fingerprint density at radius 1 is 1.50 bits per heavy atom. The Labute approximate surface area is 82.0 Å². The predicted molar refractivity (Wildman–Crippen MR) is 51.3 cm³/mol. The summed E-state index contributed by atoms with van der Waals surface area (Å²) in [5.74, 6) is -0.207. The van der Waals surface area contributed by atoms with Gasteiger partial charge in [-0.3, -0.25) is 4.68 Å². The second kappa shape index (κ2) is 3.62. The second-order valence-electron chi connectivity index (χ2n) is 3.21. The normalized spacial score (nSPS) is 10.4. The number of hydrogen-bond donors (Lipinski definition) is 0. The van der Waals surface area contributed by atoms with Crippen LogP contribution in [0, 0.1) is 18.8 Å². The van der Waals surface area contributed by atoms with Crippen LogP contribution in [0.2, 0.25) is 0 Å². The Balaban J connectivity index is 2.28. The fourth-order valence-electron chi connectivity index (χ4n) is 1.33. The molecule has 0 spiro atoms. The highest BCUT2D eigenvalue weighted by Crippen LogP contribution is 2.11. The van der Waals surface area contributed by atoms with Gasteiger partial charge in [0.2, 0.25) is 0 Å². The number of rotatable bonds is 2. The Hall–Kier alpha value is -1.64. The van der Waals surface area contributed by atoms with E-state index in [4.69, 9.17) is 0 Å². The van der Waals surface area contributed by atoms with Gasteiger partial charge in [-0.1, -0.05) is 6.07 Å². The van der Waals surface area contributed by atoms with E-state index in [2.05, 4.69) is 11.2 Å². The van der Waals surface area contributed by atoms with Gasteiger partial charge in [0.1, 0.15) is 5.82 Å². The molecule has 0 aliphatic carbocycles. The van der Waals surface area contributed by atoms with Crippen LogP contribution in [-0.4, -0.2) is 9.78 Å². The molecule has 3 heteroatoms. The molecule has 0 unspecified atom stereocenters. The first-order valence-corrected chi connectivity index (χ1v) is 4.39. The molecule has 14 heavy (non-hydrogen) atoms. The Morgan fingerprint density at radius 2 is 2.36 bits per heavy atom. The number of hydrogen-bond acceptors (Lipinski definition) is 1. The van der Waals surface area contributed by atoms with Gasteiger partial charge in [-0.2, -0.15) is 5.10 Å². The first kappa shape index (κ1) is 8.94. The van der Waals surface area contributed by atoms with Crippen molar-refractivity contribution in [3.05, 3.63) is 53.6 Å². The van der Waals surface area contributed by atoms with E-state index < -0.39 is 0 Å². The van der Waals surface area contributed by atoms with Crippen molar-refractivity contribution < 1.29 is 4.39 Å². The van der Waals surface area contributed by atoms with Crippen molar-refractivity contribution in [1.82, 2.24) is 9.78 Å². The van der Waals surface area contributed by atoms with Crippen molar-refractivity contribution in [2.24, 2.45) is 0 Å². The van der Waals surface area contributed by atoms with Gasteiger partial charge in [-0.25, -0.2) is 4.39 Å². The minimum atomic E-state index is -0.207. The third kappa shape index (κ3) is 1.82. The lowest BCUT2D eigenvalue weighted by Gasteiger charge is -2.05. The third-order valence-electron chi connectivity index (χ3n) is 2.15. The van der Waals surface area contributed by atoms with Crippen LogP contribution in [0.5, 0.6) is 0 Å². The molecule has 1 aromatic heterocycles. The van der Waals surface area contributed by atoms with Crippen LogP contribution in [0.4, 0.5) is 4.39 Å². The van der Waals surface area contributed by atoms with E-state index in [1.54, 1.807) is 23.1 Å². The quantitative estimate of drug-likeness (QED) is 0.708. The molecule has 0 saturated heterocycles. The van der Waals surface area contributed by atoms with E-state index in [0.717, 1.165) is 11.1 Å². The van der Waals surface area contributed by atoms with Gasteiger partial charge in [-0.15, -0.1) is 0 Å². The van der Waals surface area contributed by atoms with Crippen molar-refractivity contribution in [1.29, 1.82) is 0 Å². The van der Waals surface area contributed by atoms with Crippen molar-refractivity contribution in [2.75, 3.05) is 0 Å². The maximum atomic E-state index is 12.9. The van der Waals surface area contributed by atoms with Crippen LogP contribution >= 0.6 is 0 Å². The standard InChI is InChI=1S/C11H10FN2/c1-9-3-4-11(12)7-10(9)8-14-6-2-5-13-14/h3-7H,8H2,1H3. The SMILES string of the molecule is Cc1ccc(F)cc1Cn1c[c]cn1. The zero-order valence-electron chi connectivity index (χ0n) is 7.87. The molecule has 0 bridgehead atoms. The first-order valence-electron chi connectivity index (χ1n) is 4.39. The summed E-state index contributed by atoms with van der Waals surface area (Å²) in [6, 6.07) is 7.62. The van der Waals surface area contributed by atoms with Crippen molar-refractivity contribution in [3.8, 4) is 0 Å². The number of benzene rings is 1. The lowest BCUT2D eigenvalue weighted by molar-refractivity contribution is 0.618. The summed E-state index contributed by atoms with van der Waals surface area (Å²) >= 11 is 0. The van der Waals surface area contributed by atoms with Crippen LogP contribution in [0.1, 0.15) is 11.1 Å². The van der Waals surface area contributed by atoms with Crippen LogP contribution in [0.3, 0.4) is 0 Å². The van der Waals surface area contributed by atoms with E-state index in [-0.39, 0.29) is 5.82 Å². The van der Waals surface area contributed by atoms with Gasteiger partial charge >= 0.3 is 0 Å². The highest BCUT2D eigenvalue weighted by molar-refractivity contribution is 5.26. The summed E-state index contributed by atoms with van der Waals surface area (Å²) in [6.07, 6.45) is 3.33. The maximum Gasteiger partial charge on any atom is 0.123 e. The molecule has 0 aliphatic rings. The van der Waals surface area contributed by atoms with Crippen LogP contribution in [0.25, 0.3) is 0 Å². The summed E-state index contributed by atoms with van der Waals surface area (Å²) in [5, 5.41) is 4.02. The van der Waals surface area contributed by atoms with Crippen molar-refractivity contribution in [3.63, 3.8) is 0 Å². The molecule has 0 N–H and O–H groups in total. The fourth-order valence-corrected chi connectivity index (χ4v) is 1.33. The smallest absolute Gasteiger partial charge is 0.123 e. The predicted octanol–water partition coefficient (Wildman–Crippen LogP) is 2.18. The van der Waals surface area contributed by atoms with Gasteiger partial charge in [-0.05, 0) is 30.2 Å². The van der Waals surface area contributed by atoms with E-state index in [9.17, 15) is 4.39 Å². The van der Waals surface area contributed by atoms with Crippen LogP contribution < -0.4 is 0 Å². The Morgan fingerprint density at radius 3 is 3.07 bits per heavy atom. The molecule has 2 rings (SSSR count). The average Bonchev–Trinajstić information content (AvgIpc) is 2.64. The van der Waals surface area contributed by atoms with Crippen molar-refractivity contribution >= 4 is 0 Å².